The molecular formula is C22H24Cl2N2O2S2. The Morgan fingerprint density at radius 3 is 2.43 bits per heavy atom. The molecule has 2 N–H and O–H groups in total. The summed E-state index contributed by atoms with van der Waals surface area (Å²) >= 11 is 15.1. The van der Waals surface area contributed by atoms with E-state index in [-0.39, 0.29) is 10.3 Å². The molecular weight excluding hydrogens is 459 g/mol. The lowest BCUT2D eigenvalue weighted by Gasteiger charge is -2.15. The van der Waals surface area contributed by atoms with E-state index in [1.165, 1.54) is 22.7 Å². The van der Waals surface area contributed by atoms with Crippen LogP contribution in [0, 0.1) is 5.92 Å². The van der Waals surface area contributed by atoms with Gasteiger partial charge in [0.15, 0.2) is 5.13 Å². The average molecular weight is 483 g/mol. The molecule has 4 nitrogen and oxygen atoms in total. The van der Waals surface area contributed by atoms with Crippen LogP contribution in [0.2, 0.25) is 10.0 Å². The van der Waals surface area contributed by atoms with Gasteiger partial charge in [0.25, 0.3) is 0 Å². The summed E-state index contributed by atoms with van der Waals surface area (Å²) < 4.78 is 0. The highest BCUT2D eigenvalue weighted by molar-refractivity contribution is 7.16. The van der Waals surface area contributed by atoms with Gasteiger partial charge in [-0.2, -0.15) is 0 Å². The fraction of sp³-hybridized carbons (Fsp3) is 0.364. The largest absolute Gasteiger partial charge is 0.477 e. The van der Waals surface area contributed by atoms with E-state index >= 15 is 0 Å². The van der Waals surface area contributed by atoms with E-state index in [0.29, 0.717) is 26.8 Å². The van der Waals surface area contributed by atoms with Gasteiger partial charge in [0.1, 0.15) is 4.88 Å². The van der Waals surface area contributed by atoms with Gasteiger partial charge >= 0.3 is 5.97 Å². The number of carboxylic acid groups (broad SMARTS) is 1. The third kappa shape index (κ3) is 5.17. The summed E-state index contributed by atoms with van der Waals surface area (Å²) in [6.45, 7) is 10.5. The summed E-state index contributed by atoms with van der Waals surface area (Å²) in [6.07, 6.45) is 0.859. The predicted octanol–water partition coefficient (Wildman–Crippen LogP) is 8.12. The average Bonchev–Trinajstić information content (AvgIpc) is 3.21. The second-order valence-electron chi connectivity index (χ2n) is 8.55. The lowest BCUT2D eigenvalue weighted by atomic mass is 9.94. The minimum Gasteiger partial charge on any atom is -0.477 e. The molecule has 3 rings (SSSR count). The van der Waals surface area contributed by atoms with Crippen molar-refractivity contribution < 1.29 is 9.90 Å². The number of thiazole rings is 1. The predicted molar refractivity (Wildman–Crippen MR) is 129 cm³/mol. The van der Waals surface area contributed by atoms with Crippen LogP contribution in [0.4, 0.5) is 10.8 Å². The number of halogens is 2. The van der Waals surface area contributed by atoms with Crippen LogP contribution in [0.15, 0.2) is 24.3 Å². The molecule has 1 aromatic carbocycles. The topological polar surface area (TPSA) is 62.2 Å². The van der Waals surface area contributed by atoms with Crippen LogP contribution in [0.3, 0.4) is 0 Å². The van der Waals surface area contributed by atoms with Crippen LogP contribution < -0.4 is 5.32 Å². The van der Waals surface area contributed by atoms with Crippen molar-refractivity contribution in [2.24, 2.45) is 5.92 Å². The lowest BCUT2D eigenvalue weighted by molar-refractivity contribution is 0.0703. The summed E-state index contributed by atoms with van der Waals surface area (Å²) in [5, 5.41) is 14.6. The van der Waals surface area contributed by atoms with E-state index < -0.39 is 5.97 Å². The molecule has 0 unspecified atom stereocenters. The fourth-order valence-electron chi connectivity index (χ4n) is 2.91. The molecule has 0 radical (unpaired) electrons. The standard InChI is InChI=1S/C22H24Cl2N2O2S2/c1-11(2)8-16-18(12-6-7-13(23)14(24)9-12)26-21(29-16)25-15-10-17(22(3,4)5)30-19(15)20(27)28/h6-7,9-11H,8H2,1-5H3,(H,25,26)(H,27,28). The number of carboxylic acids is 1. The van der Waals surface area contributed by atoms with Gasteiger partial charge < -0.3 is 10.4 Å². The number of thiophene rings is 1. The fourth-order valence-corrected chi connectivity index (χ4v) is 5.43. The van der Waals surface area contributed by atoms with Crippen molar-refractivity contribution in [2.45, 2.75) is 46.5 Å². The minimum atomic E-state index is -0.943. The molecule has 0 spiro atoms. The number of anilines is 2. The Balaban J connectivity index is 2.03. The van der Waals surface area contributed by atoms with Gasteiger partial charge in [-0.15, -0.1) is 22.7 Å². The van der Waals surface area contributed by atoms with Crippen LogP contribution in [0.25, 0.3) is 11.3 Å². The number of aromatic nitrogens is 1. The molecule has 2 aromatic heterocycles. The van der Waals surface area contributed by atoms with E-state index in [9.17, 15) is 9.90 Å². The van der Waals surface area contributed by atoms with Crippen molar-refractivity contribution in [3.63, 3.8) is 0 Å². The second-order valence-corrected chi connectivity index (χ2v) is 11.5. The Labute approximate surface area is 194 Å². The maximum Gasteiger partial charge on any atom is 0.348 e. The van der Waals surface area contributed by atoms with Gasteiger partial charge in [0.05, 0.1) is 21.4 Å². The van der Waals surface area contributed by atoms with Crippen molar-refractivity contribution in [3.8, 4) is 11.3 Å². The van der Waals surface area contributed by atoms with Crippen LogP contribution in [-0.4, -0.2) is 16.1 Å². The molecule has 160 valence electrons. The summed E-state index contributed by atoms with van der Waals surface area (Å²) in [5.74, 6) is -0.496. The Bertz CT molecular complexity index is 1080. The minimum absolute atomic E-state index is 0.133. The maximum atomic E-state index is 11.8. The number of aromatic carboxylic acids is 1. The number of rotatable bonds is 6. The summed E-state index contributed by atoms with van der Waals surface area (Å²) in [7, 11) is 0. The van der Waals surface area contributed by atoms with Gasteiger partial charge in [-0.1, -0.05) is 63.9 Å². The van der Waals surface area contributed by atoms with E-state index in [0.717, 1.165) is 27.4 Å². The third-order valence-electron chi connectivity index (χ3n) is 4.39. The molecule has 0 aliphatic rings. The monoisotopic (exact) mass is 482 g/mol. The van der Waals surface area contributed by atoms with E-state index in [1.807, 2.05) is 18.2 Å². The van der Waals surface area contributed by atoms with Crippen LogP contribution in [0.5, 0.6) is 0 Å². The number of hydrogen-bond acceptors (Lipinski definition) is 5. The Kier molecular flexibility index (Phi) is 6.82. The van der Waals surface area contributed by atoms with Crippen LogP contribution in [0.1, 0.15) is 54.0 Å². The van der Waals surface area contributed by atoms with Crippen molar-refractivity contribution in [1.82, 2.24) is 4.98 Å². The molecule has 2 heterocycles. The van der Waals surface area contributed by atoms with E-state index in [4.69, 9.17) is 28.2 Å². The normalized spacial score (nSPS) is 11.9. The van der Waals surface area contributed by atoms with Crippen LogP contribution in [-0.2, 0) is 11.8 Å². The maximum absolute atomic E-state index is 11.8. The summed E-state index contributed by atoms with van der Waals surface area (Å²) in [5.41, 5.74) is 2.18. The molecule has 3 aromatic rings. The van der Waals surface area contributed by atoms with Crippen molar-refractivity contribution in [3.05, 3.63) is 48.9 Å². The molecule has 0 saturated heterocycles. The van der Waals surface area contributed by atoms with E-state index in [2.05, 4.69) is 39.9 Å². The van der Waals surface area contributed by atoms with Crippen molar-refractivity contribution in [1.29, 1.82) is 0 Å². The molecule has 0 bridgehead atoms. The highest BCUT2D eigenvalue weighted by Gasteiger charge is 2.24. The highest BCUT2D eigenvalue weighted by Crippen LogP contribution is 2.40. The first-order chi connectivity index (χ1) is 14.0. The summed E-state index contributed by atoms with van der Waals surface area (Å²) in [4.78, 5) is 19.0. The number of nitrogens with one attached hydrogen (secondary N) is 1. The SMILES string of the molecule is CC(C)Cc1sc(Nc2cc(C(C)(C)C)sc2C(=O)O)nc1-c1ccc(Cl)c(Cl)c1. The van der Waals surface area contributed by atoms with Gasteiger partial charge in [0, 0.05) is 15.3 Å². The zero-order valence-electron chi connectivity index (χ0n) is 17.5. The van der Waals surface area contributed by atoms with Crippen LogP contribution >= 0.6 is 45.9 Å². The molecule has 8 heteroatoms. The molecule has 0 aliphatic heterocycles. The lowest BCUT2D eigenvalue weighted by Crippen LogP contribution is -2.08. The zero-order chi connectivity index (χ0) is 22.2. The molecule has 0 aliphatic carbocycles. The third-order valence-corrected chi connectivity index (χ3v) is 7.67. The Morgan fingerprint density at radius 2 is 1.87 bits per heavy atom. The first-order valence-electron chi connectivity index (χ1n) is 9.55. The second kappa shape index (κ2) is 8.87. The number of nitrogens with zero attached hydrogens (tertiary/aromatic N) is 1. The Hall–Kier alpha value is -1.60. The first kappa shape index (κ1) is 23.1. The number of carbonyl (C=O) groups is 1. The first-order valence-corrected chi connectivity index (χ1v) is 11.9. The molecule has 0 atom stereocenters. The van der Waals surface area contributed by atoms with Gasteiger partial charge in [0.2, 0.25) is 0 Å². The van der Waals surface area contributed by atoms with Gasteiger partial charge in [-0.25, -0.2) is 9.78 Å². The van der Waals surface area contributed by atoms with Crippen molar-refractivity contribution >= 4 is 62.7 Å². The van der Waals surface area contributed by atoms with Crippen molar-refractivity contribution in [2.75, 3.05) is 5.32 Å². The Morgan fingerprint density at radius 1 is 1.17 bits per heavy atom. The number of hydrogen-bond donors (Lipinski definition) is 2. The summed E-state index contributed by atoms with van der Waals surface area (Å²) in [6, 6.07) is 7.40. The van der Waals surface area contributed by atoms with E-state index in [1.54, 1.807) is 6.07 Å². The quantitative estimate of drug-likeness (QED) is 0.372. The van der Waals surface area contributed by atoms with Gasteiger partial charge in [-0.05, 0) is 36.0 Å². The molecule has 0 saturated carbocycles. The van der Waals surface area contributed by atoms with Gasteiger partial charge in [-0.3, -0.25) is 0 Å². The molecule has 0 fully saturated rings. The molecule has 30 heavy (non-hydrogen) atoms. The smallest absolute Gasteiger partial charge is 0.348 e. The zero-order valence-corrected chi connectivity index (χ0v) is 20.6. The number of benzene rings is 1. The highest BCUT2D eigenvalue weighted by atomic mass is 35.5. The molecule has 0 amide bonds.